The molecule has 0 fully saturated rings. The molecule has 0 unspecified atom stereocenters. The standard InChI is InChI=1S/C5H6.Mn/c1-2-4-5-3-1;/h1-4H,5H2;/q;+2. The molecule has 1 radical (unpaired) electrons. The second-order valence-electron chi connectivity index (χ2n) is 1.09. The van der Waals surface area contributed by atoms with E-state index in [4.69, 9.17) is 0 Å². The maximum Gasteiger partial charge on any atom is 2.00 e. The maximum absolute atomic E-state index is 2.12. The SMILES string of the molecule is C1=CCC=C1.[Mn+2]. The van der Waals surface area contributed by atoms with Gasteiger partial charge >= 0.3 is 17.1 Å². The van der Waals surface area contributed by atoms with E-state index in [0.717, 1.165) is 6.42 Å². The summed E-state index contributed by atoms with van der Waals surface area (Å²) in [6, 6.07) is 0. The molecule has 0 atom stereocenters. The number of hydrogen-bond donors (Lipinski definition) is 0. The average Bonchev–Trinajstić information content (AvgIpc) is 1.76. The molecule has 1 aliphatic rings. The summed E-state index contributed by atoms with van der Waals surface area (Å²) in [4.78, 5) is 0. The largest absolute Gasteiger partial charge is 2.00 e. The zero-order valence-electron chi connectivity index (χ0n) is 3.39. The Morgan fingerprint density at radius 2 is 1.50 bits per heavy atom. The van der Waals surface area contributed by atoms with Gasteiger partial charge in [-0.05, 0) is 6.42 Å². The minimum Gasteiger partial charge on any atom is -0.0808 e. The summed E-state index contributed by atoms with van der Waals surface area (Å²) in [5, 5.41) is 0. The quantitative estimate of drug-likeness (QED) is 0.426. The van der Waals surface area contributed by atoms with Gasteiger partial charge in [-0.1, -0.05) is 24.3 Å². The topological polar surface area (TPSA) is 0 Å². The number of allylic oxidation sites excluding steroid dienone is 4. The molecule has 0 aromatic heterocycles. The normalized spacial score (nSPS) is 14.7. The first-order chi connectivity index (χ1) is 2.50. The van der Waals surface area contributed by atoms with Crippen molar-refractivity contribution in [2.24, 2.45) is 0 Å². The molecule has 0 heterocycles. The van der Waals surface area contributed by atoms with Gasteiger partial charge in [0.1, 0.15) is 0 Å². The predicted octanol–water partition coefficient (Wildman–Crippen LogP) is 1.50. The van der Waals surface area contributed by atoms with Crippen molar-refractivity contribution in [1.29, 1.82) is 0 Å². The minimum absolute atomic E-state index is 0. The van der Waals surface area contributed by atoms with E-state index in [1.165, 1.54) is 0 Å². The summed E-state index contributed by atoms with van der Waals surface area (Å²) in [6.07, 6.45) is 9.50. The second kappa shape index (κ2) is 3.20. The van der Waals surface area contributed by atoms with Crippen LogP contribution in [0.3, 0.4) is 0 Å². The molecule has 31 valence electrons. The predicted molar refractivity (Wildman–Crippen MR) is 22.9 cm³/mol. The minimum atomic E-state index is 0. The van der Waals surface area contributed by atoms with Crippen molar-refractivity contribution in [3.8, 4) is 0 Å². The molecule has 1 rings (SSSR count). The molecule has 6 heavy (non-hydrogen) atoms. The molecule has 0 spiro atoms. The third-order valence-electron chi connectivity index (χ3n) is 0.655. The summed E-state index contributed by atoms with van der Waals surface area (Å²) in [6.45, 7) is 0. The number of rotatable bonds is 0. The van der Waals surface area contributed by atoms with Crippen LogP contribution in [-0.4, -0.2) is 0 Å². The van der Waals surface area contributed by atoms with Gasteiger partial charge in [0.2, 0.25) is 0 Å². The van der Waals surface area contributed by atoms with Crippen LogP contribution in [0.4, 0.5) is 0 Å². The molecule has 0 amide bonds. The van der Waals surface area contributed by atoms with Crippen LogP contribution in [0, 0.1) is 0 Å². The molecule has 0 aliphatic heterocycles. The van der Waals surface area contributed by atoms with Gasteiger partial charge in [-0.15, -0.1) is 0 Å². The molecule has 0 N–H and O–H groups in total. The molecule has 0 saturated heterocycles. The maximum atomic E-state index is 2.12. The Labute approximate surface area is 48.4 Å². The van der Waals surface area contributed by atoms with Crippen molar-refractivity contribution >= 4 is 0 Å². The van der Waals surface area contributed by atoms with Gasteiger partial charge in [0.05, 0.1) is 0 Å². The van der Waals surface area contributed by atoms with Crippen molar-refractivity contribution in [2.75, 3.05) is 0 Å². The van der Waals surface area contributed by atoms with Crippen LogP contribution in [0.15, 0.2) is 24.3 Å². The van der Waals surface area contributed by atoms with Crippen molar-refractivity contribution < 1.29 is 17.1 Å². The molecule has 0 nitrogen and oxygen atoms in total. The van der Waals surface area contributed by atoms with E-state index in [-0.39, 0.29) is 17.1 Å². The van der Waals surface area contributed by atoms with E-state index < -0.39 is 0 Å². The summed E-state index contributed by atoms with van der Waals surface area (Å²) < 4.78 is 0. The van der Waals surface area contributed by atoms with E-state index in [0.29, 0.717) is 0 Å². The van der Waals surface area contributed by atoms with E-state index in [9.17, 15) is 0 Å². The zero-order chi connectivity index (χ0) is 3.54. The second-order valence-corrected chi connectivity index (χ2v) is 1.09. The van der Waals surface area contributed by atoms with E-state index in [1.807, 2.05) is 0 Å². The van der Waals surface area contributed by atoms with Gasteiger partial charge in [0.25, 0.3) is 0 Å². The van der Waals surface area contributed by atoms with Crippen LogP contribution in [0.5, 0.6) is 0 Å². The van der Waals surface area contributed by atoms with Crippen molar-refractivity contribution in [1.82, 2.24) is 0 Å². The van der Waals surface area contributed by atoms with E-state index in [2.05, 4.69) is 24.3 Å². The monoisotopic (exact) mass is 121 g/mol. The fourth-order valence-electron chi connectivity index (χ4n) is 0.393. The molecular formula is C5H6Mn+2. The molecular weight excluding hydrogens is 115 g/mol. The van der Waals surface area contributed by atoms with Crippen molar-refractivity contribution in [3.63, 3.8) is 0 Å². The Morgan fingerprint density at radius 3 is 1.67 bits per heavy atom. The van der Waals surface area contributed by atoms with Crippen LogP contribution >= 0.6 is 0 Å². The van der Waals surface area contributed by atoms with Crippen molar-refractivity contribution in [3.05, 3.63) is 24.3 Å². The summed E-state index contributed by atoms with van der Waals surface area (Å²) in [5.74, 6) is 0. The van der Waals surface area contributed by atoms with Crippen LogP contribution in [0.1, 0.15) is 6.42 Å². The summed E-state index contributed by atoms with van der Waals surface area (Å²) in [7, 11) is 0. The first-order valence-corrected chi connectivity index (χ1v) is 1.82. The number of hydrogen-bond acceptors (Lipinski definition) is 0. The fourth-order valence-corrected chi connectivity index (χ4v) is 0.393. The smallest absolute Gasteiger partial charge is 0.0808 e. The first kappa shape index (κ1) is 6.00. The van der Waals surface area contributed by atoms with Crippen LogP contribution in [-0.2, 0) is 17.1 Å². The van der Waals surface area contributed by atoms with Crippen molar-refractivity contribution in [2.45, 2.75) is 6.42 Å². The van der Waals surface area contributed by atoms with Crippen LogP contribution in [0.2, 0.25) is 0 Å². The first-order valence-electron chi connectivity index (χ1n) is 1.82. The Hall–Kier alpha value is -0.000519. The Bertz CT molecular complexity index is 62.0. The van der Waals surface area contributed by atoms with Gasteiger partial charge in [0, 0.05) is 0 Å². The Morgan fingerprint density at radius 1 is 1.00 bits per heavy atom. The Kier molecular flexibility index (Phi) is 3.20. The van der Waals surface area contributed by atoms with E-state index >= 15 is 0 Å². The zero-order valence-corrected chi connectivity index (χ0v) is 4.57. The molecule has 0 aromatic rings. The third-order valence-corrected chi connectivity index (χ3v) is 0.655. The molecule has 0 bridgehead atoms. The molecule has 1 aliphatic carbocycles. The summed E-state index contributed by atoms with van der Waals surface area (Å²) >= 11 is 0. The van der Waals surface area contributed by atoms with Gasteiger partial charge in [-0.25, -0.2) is 0 Å². The fraction of sp³-hybridized carbons (Fsp3) is 0.200. The van der Waals surface area contributed by atoms with Gasteiger partial charge in [-0.3, -0.25) is 0 Å². The Balaban J connectivity index is 0.000000250. The summed E-state index contributed by atoms with van der Waals surface area (Å²) in [5.41, 5.74) is 0. The van der Waals surface area contributed by atoms with Gasteiger partial charge < -0.3 is 0 Å². The molecule has 1 heteroatoms. The third kappa shape index (κ3) is 1.44. The van der Waals surface area contributed by atoms with Crippen LogP contribution in [0.25, 0.3) is 0 Å². The molecule has 0 saturated carbocycles. The van der Waals surface area contributed by atoms with Gasteiger partial charge in [-0.2, -0.15) is 0 Å². The van der Waals surface area contributed by atoms with Crippen LogP contribution < -0.4 is 0 Å². The molecule has 0 aromatic carbocycles. The average molecular weight is 121 g/mol. The van der Waals surface area contributed by atoms with Gasteiger partial charge in [0.15, 0.2) is 0 Å². The van der Waals surface area contributed by atoms with E-state index in [1.54, 1.807) is 0 Å².